The van der Waals surface area contributed by atoms with Gasteiger partial charge in [0.05, 0.1) is 16.8 Å². The molecule has 0 aliphatic carbocycles. The summed E-state index contributed by atoms with van der Waals surface area (Å²) in [7, 11) is 0. The number of carbonyl (C=O) groups is 1. The molecule has 5 aromatic rings. The van der Waals surface area contributed by atoms with E-state index in [4.69, 9.17) is 4.98 Å². The van der Waals surface area contributed by atoms with Crippen molar-refractivity contribution < 1.29 is 4.79 Å². The number of fused-ring (bicyclic) bond motifs is 1. The lowest BCUT2D eigenvalue weighted by atomic mass is 10.0. The number of rotatable bonds is 5. The fourth-order valence-corrected chi connectivity index (χ4v) is 4.84. The van der Waals surface area contributed by atoms with Crippen molar-refractivity contribution in [2.45, 2.75) is 20.4 Å². The molecule has 5 rings (SSSR count). The van der Waals surface area contributed by atoms with Gasteiger partial charge < -0.3 is 0 Å². The molecule has 0 N–H and O–H groups in total. The van der Waals surface area contributed by atoms with E-state index in [-0.39, 0.29) is 5.91 Å². The summed E-state index contributed by atoms with van der Waals surface area (Å²) in [6.07, 6.45) is 3.53. The number of hydrogen-bond donors (Lipinski definition) is 0. The lowest BCUT2D eigenvalue weighted by molar-refractivity contribution is 0.0985. The largest absolute Gasteiger partial charge is 0.279 e. The third-order valence-electron chi connectivity index (χ3n) is 5.85. The van der Waals surface area contributed by atoms with Gasteiger partial charge in [0, 0.05) is 18.0 Å². The number of nitrogens with zero attached hydrogens (tertiary/aromatic N) is 3. The zero-order valence-electron chi connectivity index (χ0n) is 18.5. The molecule has 0 bridgehead atoms. The van der Waals surface area contributed by atoms with Crippen molar-refractivity contribution in [1.82, 2.24) is 9.97 Å². The summed E-state index contributed by atoms with van der Waals surface area (Å²) in [6, 6.07) is 26.0. The molecule has 0 saturated carbocycles. The third-order valence-corrected chi connectivity index (χ3v) is 6.90. The quantitative estimate of drug-likeness (QED) is 0.296. The van der Waals surface area contributed by atoms with Crippen molar-refractivity contribution in [3.8, 4) is 11.1 Å². The van der Waals surface area contributed by atoms with E-state index < -0.39 is 0 Å². The van der Waals surface area contributed by atoms with Crippen LogP contribution in [0.15, 0.2) is 91.3 Å². The molecule has 33 heavy (non-hydrogen) atoms. The van der Waals surface area contributed by atoms with Crippen LogP contribution in [0.1, 0.15) is 27.0 Å². The van der Waals surface area contributed by atoms with Crippen LogP contribution in [0.5, 0.6) is 0 Å². The van der Waals surface area contributed by atoms with E-state index in [0.717, 1.165) is 32.5 Å². The number of anilines is 1. The van der Waals surface area contributed by atoms with Gasteiger partial charge in [-0.25, -0.2) is 4.98 Å². The Kier molecular flexibility index (Phi) is 5.71. The molecule has 2 aromatic heterocycles. The van der Waals surface area contributed by atoms with Crippen LogP contribution in [0.2, 0.25) is 0 Å². The van der Waals surface area contributed by atoms with Gasteiger partial charge in [-0.2, -0.15) is 0 Å². The van der Waals surface area contributed by atoms with Crippen LogP contribution >= 0.6 is 11.3 Å². The molecular formula is C28H23N3OS. The Balaban J connectivity index is 1.53. The smallest absolute Gasteiger partial charge is 0.260 e. The van der Waals surface area contributed by atoms with Crippen LogP contribution in [0.4, 0.5) is 5.13 Å². The van der Waals surface area contributed by atoms with Crippen molar-refractivity contribution in [2.24, 2.45) is 0 Å². The first-order valence-electron chi connectivity index (χ1n) is 10.8. The second-order valence-corrected chi connectivity index (χ2v) is 9.06. The van der Waals surface area contributed by atoms with Crippen LogP contribution in [0.25, 0.3) is 21.3 Å². The molecule has 0 spiro atoms. The summed E-state index contributed by atoms with van der Waals surface area (Å²) in [4.78, 5) is 24.6. The zero-order valence-corrected chi connectivity index (χ0v) is 19.3. The van der Waals surface area contributed by atoms with Gasteiger partial charge in [-0.05, 0) is 65.9 Å². The summed E-state index contributed by atoms with van der Waals surface area (Å²) in [5.41, 5.74) is 7.10. The van der Waals surface area contributed by atoms with Gasteiger partial charge in [0.25, 0.3) is 5.91 Å². The van der Waals surface area contributed by atoms with Gasteiger partial charge in [0.1, 0.15) is 0 Å². The lowest BCUT2D eigenvalue weighted by Crippen LogP contribution is -2.30. The highest BCUT2D eigenvalue weighted by molar-refractivity contribution is 7.22. The SMILES string of the molecule is Cc1ccc2sc(N(Cc3cccnc3)C(=O)c3ccc(-c4ccccc4)cc3)nc2c1C. The highest BCUT2D eigenvalue weighted by Crippen LogP contribution is 2.33. The number of pyridine rings is 1. The number of aromatic nitrogens is 2. The Labute approximate surface area is 197 Å². The zero-order chi connectivity index (χ0) is 22.8. The molecular weight excluding hydrogens is 426 g/mol. The Morgan fingerprint density at radius 3 is 2.36 bits per heavy atom. The highest BCUT2D eigenvalue weighted by Gasteiger charge is 2.22. The first kappa shape index (κ1) is 21.0. The van der Waals surface area contributed by atoms with E-state index in [2.05, 4.69) is 43.1 Å². The molecule has 0 radical (unpaired) electrons. The molecule has 0 unspecified atom stereocenters. The number of carbonyl (C=O) groups excluding carboxylic acids is 1. The molecule has 5 heteroatoms. The van der Waals surface area contributed by atoms with Crippen molar-refractivity contribution >= 4 is 32.6 Å². The fourth-order valence-electron chi connectivity index (χ4n) is 3.82. The molecule has 0 aliphatic heterocycles. The van der Waals surface area contributed by atoms with Gasteiger partial charge in [0.2, 0.25) is 0 Å². The Bertz CT molecular complexity index is 1410. The molecule has 162 valence electrons. The Morgan fingerprint density at radius 2 is 1.64 bits per heavy atom. The van der Waals surface area contributed by atoms with E-state index >= 15 is 0 Å². The van der Waals surface area contributed by atoms with Crippen LogP contribution in [-0.4, -0.2) is 15.9 Å². The number of aryl methyl sites for hydroxylation is 2. The van der Waals surface area contributed by atoms with E-state index in [9.17, 15) is 4.79 Å². The maximum absolute atomic E-state index is 13.7. The molecule has 0 atom stereocenters. The second-order valence-electron chi connectivity index (χ2n) is 8.05. The first-order valence-corrected chi connectivity index (χ1v) is 11.6. The van der Waals surface area contributed by atoms with Gasteiger partial charge in [-0.3, -0.25) is 14.7 Å². The van der Waals surface area contributed by atoms with Crippen LogP contribution < -0.4 is 4.90 Å². The van der Waals surface area contributed by atoms with Gasteiger partial charge in [0.15, 0.2) is 5.13 Å². The van der Waals surface area contributed by atoms with Crippen molar-refractivity contribution in [3.05, 3.63) is 114 Å². The molecule has 2 heterocycles. The average molecular weight is 450 g/mol. The minimum absolute atomic E-state index is 0.0769. The monoisotopic (exact) mass is 449 g/mol. The van der Waals surface area contributed by atoms with E-state index in [1.807, 2.05) is 54.6 Å². The van der Waals surface area contributed by atoms with Crippen molar-refractivity contribution in [3.63, 3.8) is 0 Å². The number of hydrogen-bond acceptors (Lipinski definition) is 4. The highest BCUT2D eigenvalue weighted by atomic mass is 32.1. The first-order chi connectivity index (χ1) is 16.1. The average Bonchev–Trinajstić information content (AvgIpc) is 3.30. The molecule has 0 saturated heterocycles. The summed E-state index contributed by atoms with van der Waals surface area (Å²) in [5, 5.41) is 0.694. The van der Waals surface area contributed by atoms with Gasteiger partial charge >= 0.3 is 0 Å². The van der Waals surface area contributed by atoms with Crippen LogP contribution in [0.3, 0.4) is 0 Å². The summed E-state index contributed by atoms with van der Waals surface area (Å²) >= 11 is 1.54. The number of amides is 1. The Hall–Kier alpha value is -3.83. The molecule has 0 fully saturated rings. The molecule has 0 aliphatic rings. The van der Waals surface area contributed by atoms with E-state index in [0.29, 0.717) is 17.2 Å². The van der Waals surface area contributed by atoms with Gasteiger partial charge in [-0.1, -0.05) is 65.9 Å². The minimum Gasteiger partial charge on any atom is -0.279 e. The van der Waals surface area contributed by atoms with Crippen LogP contribution in [-0.2, 0) is 6.54 Å². The van der Waals surface area contributed by atoms with Crippen molar-refractivity contribution in [2.75, 3.05) is 4.90 Å². The maximum Gasteiger partial charge on any atom is 0.260 e. The number of thiazole rings is 1. The predicted molar refractivity (Wildman–Crippen MR) is 136 cm³/mol. The van der Waals surface area contributed by atoms with Crippen LogP contribution in [0, 0.1) is 13.8 Å². The fraction of sp³-hybridized carbons (Fsp3) is 0.107. The lowest BCUT2D eigenvalue weighted by Gasteiger charge is -2.20. The van der Waals surface area contributed by atoms with Crippen molar-refractivity contribution in [1.29, 1.82) is 0 Å². The number of benzene rings is 3. The standard InChI is InChI=1S/C28H23N3OS/c1-19-10-15-25-26(20(19)2)30-28(33-25)31(18-21-7-6-16-29-17-21)27(32)24-13-11-23(12-14-24)22-8-4-3-5-9-22/h3-17H,18H2,1-2H3. The summed E-state index contributed by atoms with van der Waals surface area (Å²) < 4.78 is 1.08. The normalized spacial score (nSPS) is 11.0. The van der Waals surface area contributed by atoms with Gasteiger partial charge in [-0.15, -0.1) is 0 Å². The molecule has 3 aromatic carbocycles. The summed E-state index contributed by atoms with van der Waals surface area (Å²) in [6.45, 7) is 4.57. The Morgan fingerprint density at radius 1 is 0.879 bits per heavy atom. The second kappa shape index (κ2) is 8.96. The van der Waals surface area contributed by atoms with E-state index in [1.54, 1.807) is 28.6 Å². The molecule has 4 nitrogen and oxygen atoms in total. The topological polar surface area (TPSA) is 46.1 Å². The van der Waals surface area contributed by atoms with E-state index in [1.165, 1.54) is 5.56 Å². The summed E-state index contributed by atoms with van der Waals surface area (Å²) in [5.74, 6) is -0.0769. The predicted octanol–water partition coefficient (Wildman–Crippen LogP) is 6.82. The third kappa shape index (κ3) is 4.28. The maximum atomic E-state index is 13.7. The molecule has 1 amide bonds. The minimum atomic E-state index is -0.0769.